The number of nitrogens with zero attached hydrogens (tertiary/aromatic N) is 6. The maximum absolute atomic E-state index is 12.9. The summed E-state index contributed by atoms with van der Waals surface area (Å²) in [5.41, 5.74) is 4.50. The maximum atomic E-state index is 12.9. The van der Waals surface area contributed by atoms with Gasteiger partial charge in [-0.25, -0.2) is 10.2 Å². The summed E-state index contributed by atoms with van der Waals surface area (Å²) in [6, 6.07) is 11.4. The summed E-state index contributed by atoms with van der Waals surface area (Å²) in [7, 11) is 3.04. The van der Waals surface area contributed by atoms with Crippen molar-refractivity contribution in [2.45, 2.75) is 6.54 Å². The summed E-state index contributed by atoms with van der Waals surface area (Å²) in [5, 5.41) is 4.24. The first-order chi connectivity index (χ1) is 14.5. The molecule has 1 N–H and O–H groups in total. The first kappa shape index (κ1) is 19.8. The van der Waals surface area contributed by atoms with Gasteiger partial charge in [0.15, 0.2) is 11.2 Å². The lowest BCUT2D eigenvalue weighted by atomic mass is 10.2. The van der Waals surface area contributed by atoms with E-state index < -0.39 is 11.2 Å². The highest BCUT2D eigenvalue weighted by Crippen LogP contribution is 2.19. The van der Waals surface area contributed by atoms with Crippen LogP contribution in [0.1, 0.15) is 11.1 Å². The van der Waals surface area contributed by atoms with E-state index in [1.807, 2.05) is 36.4 Å². The molecule has 1 aromatic carbocycles. The van der Waals surface area contributed by atoms with Crippen molar-refractivity contribution in [3.05, 3.63) is 85.2 Å². The molecule has 0 aliphatic carbocycles. The van der Waals surface area contributed by atoms with Gasteiger partial charge in [0.25, 0.3) is 5.56 Å². The predicted molar refractivity (Wildman–Crippen MR) is 119 cm³/mol. The number of imidazole rings is 1. The lowest BCUT2D eigenvalue weighted by Crippen LogP contribution is -2.37. The Hall–Kier alpha value is -3.53. The Kier molecular flexibility index (Phi) is 5.32. The van der Waals surface area contributed by atoms with Crippen molar-refractivity contribution in [1.82, 2.24) is 23.7 Å². The molecule has 9 nitrogen and oxygen atoms in total. The second kappa shape index (κ2) is 8.07. The fourth-order valence-corrected chi connectivity index (χ4v) is 3.34. The number of hydrogen-bond donors (Lipinski definition) is 1. The Morgan fingerprint density at radius 1 is 1.07 bits per heavy atom. The van der Waals surface area contributed by atoms with Crippen LogP contribution in [0.25, 0.3) is 11.2 Å². The van der Waals surface area contributed by atoms with Crippen LogP contribution in [0.2, 0.25) is 0 Å². The number of halogens is 1. The minimum Gasteiger partial charge on any atom is -0.298 e. The van der Waals surface area contributed by atoms with Crippen molar-refractivity contribution < 1.29 is 0 Å². The van der Waals surface area contributed by atoms with E-state index >= 15 is 0 Å². The van der Waals surface area contributed by atoms with Crippen molar-refractivity contribution in [2.75, 3.05) is 5.43 Å². The third-order valence-electron chi connectivity index (χ3n) is 4.69. The smallest absolute Gasteiger partial charge is 0.298 e. The van der Waals surface area contributed by atoms with E-state index in [0.717, 1.165) is 20.2 Å². The predicted octanol–water partition coefficient (Wildman–Crippen LogP) is 2.09. The van der Waals surface area contributed by atoms with Crippen molar-refractivity contribution in [3.63, 3.8) is 0 Å². The minimum atomic E-state index is -0.437. The van der Waals surface area contributed by atoms with Crippen LogP contribution < -0.4 is 16.7 Å². The molecule has 0 fully saturated rings. The van der Waals surface area contributed by atoms with E-state index in [2.05, 4.69) is 36.4 Å². The quantitative estimate of drug-likeness (QED) is 0.357. The zero-order valence-electron chi connectivity index (χ0n) is 16.3. The number of fused-ring (bicyclic) bond motifs is 1. The van der Waals surface area contributed by atoms with Crippen LogP contribution in [0, 0.1) is 0 Å². The number of hydrogen-bond acceptors (Lipinski definition) is 6. The minimum absolute atomic E-state index is 0.293. The summed E-state index contributed by atoms with van der Waals surface area (Å²) >= 11 is 3.43. The summed E-state index contributed by atoms with van der Waals surface area (Å²) in [5.74, 6) is 0.358. The number of nitrogens with one attached hydrogen (secondary N) is 1. The SMILES string of the molecule is Cn1c(=O)c2c(nc(N/N=C\c3ccncc3)n2Cc2ccc(Br)cc2)n(C)c1=O. The lowest BCUT2D eigenvalue weighted by molar-refractivity contribution is 0.702. The monoisotopic (exact) mass is 467 g/mol. The van der Waals surface area contributed by atoms with Crippen LogP contribution in [0.5, 0.6) is 0 Å². The van der Waals surface area contributed by atoms with Gasteiger partial charge in [0.1, 0.15) is 0 Å². The molecular weight excluding hydrogens is 450 g/mol. The van der Waals surface area contributed by atoms with Crippen molar-refractivity contribution in [3.8, 4) is 0 Å². The first-order valence-electron chi connectivity index (χ1n) is 9.05. The molecular formula is C20H18BrN7O2. The Morgan fingerprint density at radius 2 is 1.77 bits per heavy atom. The molecule has 0 aliphatic rings. The maximum Gasteiger partial charge on any atom is 0.332 e. The van der Waals surface area contributed by atoms with Crippen molar-refractivity contribution in [2.24, 2.45) is 19.2 Å². The summed E-state index contributed by atoms with van der Waals surface area (Å²) in [4.78, 5) is 33.7. The fourth-order valence-electron chi connectivity index (χ4n) is 3.07. The van der Waals surface area contributed by atoms with Gasteiger partial charge in [0, 0.05) is 31.0 Å². The topological polar surface area (TPSA) is 99.1 Å². The van der Waals surface area contributed by atoms with Crippen LogP contribution >= 0.6 is 15.9 Å². The van der Waals surface area contributed by atoms with E-state index in [1.165, 1.54) is 11.6 Å². The molecule has 0 radical (unpaired) electrons. The van der Waals surface area contributed by atoms with E-state index in [0.29, 0.717) is 23.7 Å². The van der Waals surface area contributed by atoms with Gasteiger partial charge in [0.2, 0.25) is 5.95 Å². The first-order valence-corrected chi connectivity index (χ1v) is 9.85. The van der Waals surface area contributed by atoms with Gasteiger partial charge in [-0.05, 0) is 35.4 Å². The molecule has 3 heterocycles. The van der Waals surface area contributed by atoms with Crippen LogP contribution in [0.4, 0.5) is 5.95 Å². The largest absolute Gasteiger partial charge is 0.332 e. The fraction of sp³-hybridized carbons (Fsp3) is 0.150. The molecule has 152 valence electrons. The Morgan fingerprint density at radius 3 is 2.47 bits per heavy atom. The van der Waals surface area contributed by atoms with Gasteiger partial charge in [-0.15, -0.1) is 0 Å². The Bertz CT molecular complexity index is 1350. The van der Waals surface area contributed by atoms with Crippen molar-refractivity contribution >= 4 is 39.3 Å². The Labute approximate surface area is 179 Å². The van der Waals surface area contributed by atoms with Gasteiger partial charge in [-0.2, -0.15) is 10.1 Å². The molecule has 0 spiro atoms. The number of pyridine rings is 1. The van der Waals surface area contributed by atoms with E-state index in [4.69, 9.17) is 0 Å². The second-order valence-electron chi connectivity index (χ2n) is 6.68. The number of rotatable bonds is 5. The molecule has 0 unspecified atom stereocenters. The molecule has 4 rings (SSSR count). The normalized spacial score (nSPS) is 11.4. The molecule has 0 atom stereocenters. The second-order valence-corrected chi connectivity index (χ2v) is 7.59. The molecule has 0 bridgehead atoms. The summed E-state index contributed by atoms with van der Waals surface area (Å²) < 4.78 is 5.11. The highest BCUT2D eigenvalue weighted by atomic mass is 79.9. The Balaban J connectivity index is 1.83. The average molecular weight is 468 g/mol. The molecule has 0 amide bonds. The highest BCUT2D eigenvalue weighted by molar-refractivity contribution is 9.10. The molecule has 0 saturated heterocycles. The van der Waals surface area contributed by atoms with Crippen LogP contribution in [-0.4, -0.2) is 29.9 Å². The summed E-state index contributed by atoms with van der Waals surface area (Å²) in [6.45, 7) is 0.379. The molecule has 10 heteroatoms. The van der Waals surface area contributed by atoms with Crippen LogP contribution in [-0.2, 0) is 20.6 Å². The third-order valence-corrected chi connectivity index (χ3v) is 5.21. The van der Waals surface area contributed by atoms with E-state index in [9.17, 15) is 9.59 Å². The molecule has 0 aliphatic heterocycles. The zero-order chi connectivity index (χ0) is 21.3. The highest BCUT2D eigenvalue weighted by Gasteiger charge is 2.19. The van der Waals surface area contributed by atoms with E-state index in [-0.39, 0.29) is 0 Å². The molecule has 0 saturated carbocycles. The molecule has 3 aromatic heterocycles. The summed E-state index contributed by atoms with van der Waals surface area (Å²) in [6.07, 6.45) is 4.97. The molecule has 4 aromatic rings. The number of benzene rings is 1. The van der Waals surface area contributed by atoms with Crippen LogP contribution in [0.3, 0.4) is 0 Å². The van der Waals surface area contributed by atoms with Gasteiger partial charge in [0.05, 0.1) is 12.8 Å². The van der Waals surface area contributed by atoms with Gasteiger partial charge in [-0.1, -0.05) is 28.1 Å². The standard InChI is InChI=1S/C20H18BrN7O2/c1-26-17-16(18(29)27(2)20(26)30)28(12-14-3-5-15(21)6-4-14)19(24-17)25-23-11-13-7-9-22-10-8-13/h3-11H,12H2,1-2H3,(H,24,25)/b23-11-. The van der Waals surface area contributed by atoms with Gasteiger partial charge >= 0.3 is 5.69 Å². The molecule has 30 heavy (non-hydrogen) atoms. The number of aryl methyl sites for hydroxylation is 1. The van der Waals surface area contributed by atoms with E-state index in [1.54, 1.807) is 30.2 Å². The van der Waals surface area contributed by atoms with Crippen molar-refractivity contribution in [1.29, 1.82) is 0 Å². The van der Waals surface area contributed by atoms with Gasteiger partial charge < -0.3 is 0 Å². The number of anilines is 1. The zero-order valence-corrected chi connectivity index (χ0v) is 17.9. The third kappa shape index (κ3) is 3.69. The number of hydrazone groups is 1. The van der Waals surface area contributed by atoms with Crippen LogP contribution in [0.15, 0.2) is 68.0 Å². The lowest BCUT2D eigenvalue weighted by Gasteiger charge is -2.09. The number of aromatic nitrogens is 5. The average Bonchev–Trinajstić information content (AvgIpc) is 3.11. The van der Waals surface area contributed by atoms with Gasteiger partial charge in [-0.3, -0.25) is 23.5 Å².